The van der Waals surface area contributed by atoms with Crippen molar-refractivity contribution in [2.45, 2.75) is 38.2 Å². The molecular weight excluding hydrogens is 234 g/mol. The van der Waals surface area contributed by atoms with Gasteiger partial charge in [-0.25, -0.2) is 0 Å². The lowest BCUT2D eigenvalue weighted by molar-refractivity contribution is -0.156. The van der Waals surface area contributed by atoms with E-state index in [1.54, 1.807) is 4.90 Å². The third-order valence-electron chi connectivity index (χ3n) is 3.91. The first kappa shape index (κ1) is 13.3. The number of piperidine rings is 1. The van der Waals surface area contributed by atoms with Crippen molar-refractivity contribution in [3.05, 3.63) is 0 Å². The number of hydrogen-bond acceptors (Lipinski definition) is 4. The Bertz CT molecular complexity index is 336. The van der Waals surface area contributed by atoms with Gasteiger partial charge in [0.25, 0.3) is 5.91 Å². The van der Waals surface area contributed by atoms with Crippen molar-refractivity contribution in [1.82, 2.24) is 4.90 Å². The van der Waals surface area contributed by atoms with Crippen molar-refractivity contribution in [2.75, 3.05) is 26.8 Å². The van der Waals surface area contributed by atoms with E-state index in [2.05, 4.69) is 0 Å². The minimum Gasteiger partial charge on any atom is -0.469 e. The molecule has 0 saturated carbocycles. The van der Waals surface area contributed by atoms with Gasteiger partial charge in [-0.3, -0.25) is 9.59 Å². The summed E-state index contributed by atoms with van der Waals surface area (Å²) in [4.78, 5) is 25.7. The van der Waals surface area contributed by atoms with E-state index in [1.165, 1.54) is 7.11 Å². The van der Waals surface area contributed by atoms with Crippen LogP contribution in [0, 0.1) is 5.92 Å². The standard InChI is InChI=1S/C13H21NO4/c1-13(6-4-8-18-13)12(16)14-7-3-5-10(9-14)11(15)17-2/h10H,3-9H2,1-2H3/t10-,13?/m0/s1. The fraction of sp³-hybridized carbons (Fsp3) is 0.846. The van der Waals surface area contributed by atoms with Gasteiger partial charge in [-0.15, -0.1) is 0 Å². The highest BCUT2D eigenvalue weighted by Gasteiger charge is 2.42. The smallest absolute Gasteiger partial charge is 0.310 e. The molecule has 5 heteroatoms. The Kier molecular flexibility index (Phi) is 3.90. The Morgan fingerprint density at radius 3 is 2.78 bits per heavy atom. The summed E-state index contributed by atoms with van der Waals surface area (Å²) < 4.78 is 10.3. The van der Waals surface area contributed by atoms with E-state index in [-0.39, 0.29) is 17.8 Å². The van der Waals surface area contributed by atoms with Crippen LogP contribution in [0.1, 0.15) is 32.6 Å². The van der Waals surface area contributed by atoms with E-state index >= 15 is 0 Å². The van der Waals surface area contributed by atoms with Crippen LogP contribution in [0.15, 0.2) is 0 Å². The third-order valence-corrected chi connectivity index (χ3v) is 3.91. The maximum atomic E-state index is 12.4. The summed E-state index contributed by atoms with van der Waals surface area (Å²) in [6.45, 7) is 3.68. The topological polar surface area (TPSA) is 55.8 Å². The Morgan fingerprint density at radius 1 is 1.39 bits per heavy atom. The number of esters is 1. The van der Waals surface area contributed by atoms with Gasteiger partial charge in [-0.2, -0.15) is 0 Å². The zero-order valence-corrected chi connectivity index (χ0v) is 11.1. The van der Waals surface area contributed by atoms with Crippen molar-refractivity contribution in [3.63, 3.8) is 0 Å². The van der Waals surface area contributed by atoms with Crippen molar-refractivity contribution in [2.24, 2.45) is 5.92 Å². The van der Waals surface area contributed by atoms with E-state index in [4.69, 9.17) is 9.47 Å². The number of nitrogens with zero attached hydrogens (tertiary/aromatic N) is 1. The molecule has 2 heterocycles. The quantitative estimate of drug-likeness (QED) is 0.690. The predicted molar refractivity (Wildman–Crippen MR) is 64.9 cm³/mol. The van der Waals surface area contributed by atoms with E-state index in [1.807, 2.05) is 6.92 Å². The van der Waals surface area contributed by atoms with Gasteiger partial charge in [0.15, 0.2) is 0 Å². The second-order valence-corrected chi connectivity index (χ2v) is 5.30. The lowest BCUT2D eigenvalue weighted by Crippen LogP contribution is -2.51. The van der Waals surface area contributed by atoms with Crippen LogP contribution in [0.25, 0.3) is 0 Å². The SMILES string of the molecule is COC(=O)[C@H]1CCCN(C(=O)C2(C)CCCO2)C1. The highest BCUT2D eigenvalue weighted by molar-refractivity contribution is 5.86. The van der Waals surface area contributed by atoms with Crippen LogP contribution in [0.3, 0.4) is 0 Å². The molecule has 5 nitrogen and oxygen atoms in total. The first-order valence-corrected chi connectivity index (χ1v) is 6.58. The van der Waals surface area contributed by atoms with Gasteiger partial charge in [0.05, 0.1) is 13.0 Å². The molecule has 1 unspecified atom stereocenters. The average molecular weight is 255 g/mol. The van der Waals surface area contributed by atoms with E-state index in [0.717, 1.165) is 25.7 Å². The molecule has 2 aliphatic rings. The van der Waals surface area contributed by atoms with Crippen molar-refractivity contribution in [3.8, 4) is 0 Å². The van der Waals surface area contributed by atoms with Crippen molar-refractivity contribution < 1.29 is 19.1 Å². The molecule has 2 saturated heterocycles. The van der Waals surface area contributed by atoms with Crippen LogP contribution >= 0.6 is 0 Å². The lowest BCUT2D eigenvalue weighted by Gasteiger charge is -2.36. The summed E-state index contributed by atoms with van der Waals surface area (Å²) in [5, 5.41) is 0. The lowest BCUT2D eigenvalue weighted by atomic mass is 9.94. The zero-order chi connectivity index (χ0) is 13.2. The Morgan fingerprint density at radius 2 is 2.17 bits per heavy atom. The molecule has 0 aromatic heterocycles. The number of methoxy groups -OCH3 is 1. The van der Waals surface area contributed by atoms with Crippen LogP contribution < -0.4 is 0 Å². The number of carbonyl (C=O) groups is 2. The molecule has 0 N–H and O–H groups in total. The van der Waals surface area contributed by atoms with Gasteiger partial charge in [0.2, 0.25) is 0 Å². The van der Waals surface area contributed by atoms with Gasteiger partial charge in [0.1, 0.15) is 5.60 Å². The molecule has 2 atom stereocenters. The number of ether oxygens (including phenoxy) is 2. The number of amides is 1. The summed E-state index contributed by atoms with van der Waals surface area (Å²) in [5.41, 5.74) is -0.683. The van der Waals surface area contributed by atoms with E-state index < -0.39 is 5.60 Å². The molecule has 0 bridgehead atoms. The van der Waals surface area contributed by atoms with Crippen LogP contribution in [-0.2, 0) is 19.1 Å². The van der Waals surface area contributed by atoms with Crippen LogP contribution in [-0.4, -0.2) is 49.2 Å². The molecule has 0 aromatic carbocycles. The zero-order valence-electron chi connectivity index (χ0n) is 11.1. The van der Waals surface area contributed by atoms with Gasteiger partial charge in [-0.05, 0) is 32.6 Å². The molecule has 18 heavy (non-hydrogen) atoms. The second-order valence-electron chi connectivity index (χ2n) is 5.30. The fourth-order valence-electron chi connectivity index (χ4n) is 2.80. The first-order valence-electron chi connectivity index (χ1n) is 6.58. The van der Waals surface area contributed by atoms with E-state index in [0.29, 0.717) is 19.7 Å². The number of hydrogen-bond donors (Lipinski definition) is 0. The molecule has 0 aromatic rings. The molecule has 0 radical (unpaired) electrons. The first-order chi connectivity index (χ1) is 8.57. The normalized spacial score (nSPS) is 32.3. The molecule has 102 valence electrons. The number of rotatable bonds is 2. The van der Waals surface area contributed by atoms with Crippen molar-refractivity contribution >= 4 is 11.9 Å². The average Bonchev–Trinajstić information content (AvgIpc) is 2.85. The Balaban J connectivity index is 2.00. The molecular formula is C13H21NO4. The third kappa shape index (κ3) is 2.51. The predicted octanol–water partition coefficient (Wildman–Crippen LogP) is 0.967. The minimum atomic E-state index is -0.683. The highest BCUT2D eigenvalue weighted by Crippen LogP contribution is 2.29. The molecule has 2 fully saturated rings. The number of likely N-dealkylation sites (tertiary alicyclic amines) is 1. The van der Waals surface area contributed by atoms with Crippen LogP contribution in [0.4, 0.5) is 0 Å². The molecule has 1 amide bonds. The van der Waals surface area contributed by atoms with Gasteiger partial charge < -0.3 is 14.4 Å². The van der Waals surface area contributed by atoms with Gasteiger partial charge >= 0.3 is 5.97 Å². The van der Waals surface area contributed by atoms with Gasteiger partial charge in [-0.1, -0.05) is 0 Å². The second kappa shape index (κ2) is 5.26. The summed E-state index contributed by atoms with van der Waals surface area (Å²) in [5.74, 6) is -0.378. The largest absolute Gasteiger partial charge is 0.469 e. The minimum absolute atomic E-state index is 0.0219. The summed E-state index contributed by atoms with van der Waals surface area (Å²) in [6, 6.07) is 0. The maximum absolute atomic E-state index is 12.4. The monoisotopic (exact) mass is 255 g/mol. The van der Waals surface area contributed by atoms with E-state index in [9.17, 15) is 9.59 Å². The fourth-order valence-corrected chi connectivity index (χ4v) is 2.80. The Hall–Kier alpha value is -1.10. The van der Waals surface area contributed by atoms with Gasteiger partial charge in [0, 0.05) is 19.7 Å². The highest BCUT2D eigenvalue weighted by atomic mass is 16.5. The molecule has 2 rings (SSSR count). The van der Waals surface area contributed by atoms with Crippen molar-refractivity contribution in [1.29, 1.82) is 0 Å². The summed E-state index contributed by atoms with van der Waals surface area (Å²) >= 11 is 0. The van der Waals surface area contributed by atoms with Crippen LogP contribution in [0.5, 0.6) is 0 Å². The Labute approximate surface area is 107 Å². The molecule has 0 spiro atoms. The number of carbonyl (C=O) groups excluding carboxylic acids is 2. The molecule has 0 aliphatic carbocycles. The maximum Gasteiger partial charge on any atom is 0.310 e. The summed E-state index contributed by atoms with van der Waals surface area (Å²) in [6.07, 6.45) is 3.34. The summed E-state index contributed by atoms with van der Waals surface area (Å²) in [7, 11) is 1.39. The molecule has 2 aliphatic heterocycles. The van der Waals surface area contributed by atoms with Crippen LogP contribution in [0.2, 0.25) is 0 Å².